The Balaban J connectivity index is 2.43. The molecular weight excluding hydrogens is 214 g/mol. The SMILES string of the molecule is COCCN(CCC(=N)N)C1CCCCCC1. The molecule has 0 amide bonds. The van der Waals surface area contributed by atoms with Gasteiger partial charge in [0, 0.05) is 32.7 Å². The third-order valence-electron chi connectivity index (χ3n) is 3.59. The highest BCUT2D eigenvalue weighted by Crippen LogP contribution is 2.21. The molecule has 0 aromatic carbocycles. The second-order valence-electron chi connectivity index (χ2n) is 4.95. The second kappa shape index (κ2) is 8.48. The lowest BCUT2D eigenvalue weighted by molar-refractivity contribution is 0.114. The van der Waals surface area contributed by atoms with E-state index in [-0.39, 0.29) is 0 Å². The molecule has 0 heterocycles. The number of amidine groups is 1. The normalized spacial score (nSPS) is 18.2. The molecule has 0 aromatic rings. The molecule has 4 nitrogen and oxygen atoms in total. The lowest BCUT2D eigenvalue weighted by Gasteiger charge is -2.30. The Kier molecular flexibility index (Phi) is 7.21. The van der Waals surface area contributed by atoms with Crippen LogP contribution in [0.4, 0.5) is 0 Å². The molecule has 1 fully saturated rings. The molecule has 1 aliphatic carbocycles. The van der Waals surface area contributed by atoms with Gasteiger partial charge < -0.3 is 10.5 Å². The maximum atomic E-state index is 7.34. The maximum Gasteiger partial charge on any atom is 0.0918 e. The summed E-state index contributed by atoms with van der Waals surface area (Å²) in [5.74, 6) is 0.293. The zero-order valence-corrected chi connectivity index (χ0v) is 11.1. The van der Waals surface area contributed by atoms with Gasteiger partial charge in [-0.25, -0.2) is 0 Å². The Hall–Kier alpha value is -0.610. The summed E-state index contributed by atoms with van der Waals surface area (Å²) in [5, 5.41) is 7.34. The van der Waals surface area contributed by atoms with Gasteiger partial charge in [-0.1, -0.05) is 25.7 Å². The Morgan fingerprint density at radius 3 is 2.41 bits per heavy atom. The van der Waals surface area contributed by atoms with Crippen LogP contribution in [0.5, 0.6) is 0 Å². The summed E-state index contributed by atoms with van der Waals surface area (Å²) in [6, 6.07) is 0.673. The Morgan fingerprint density at radius 2 is 1.88 bits per heavy atom. The van der Waals surface area contributed by atoms with Gasteiger partial charge in [-0.2, -0.15) is 0 Å². The van der Waals surface area contributed by atoms with Gasteiger partial charge in [0.25, 0.3) is 0 Å². The fourth-order valence-corrected chi connectivity index (χ4v) is 2.57. The van der Waals surface area contributed by atoms with E-state index in [0.29, 0.717) is 18.3 Å². The first kappa shape index (κ1) is 14.5. The highest BCUT2D eigenvalue weighted by Gasteiger charge is 2.19. The van der Waals surface area contributed by atoms with Crippen molar-refractivity contribution in [1.29, 1.82) is 5.41 Å². The smallest absolute Gasteiger partial charge is 0.0918 e. The van der Waals surface area contributed by atoms with Crippen LogP contribution in [0.3, 0.4) is 0 Å². The van der Waals surface area contributed by atoms with E-state index in [0.717, 1.165) is 19.7 Å². The van der Waals surface area contributed by atoms with E-state index in [1.54, 1.807) is 7.11 Å². The highest BCUT2D eigenvalue weighted by molar-refractivity contribution is 5.76. The first-order valence-electron chi connectivity index (χ1n) is 6.80. The lowest BCUT2D eigenvalue weighted by Crippen LogP contribution is -2.39. The molecule has 100 valence electrons. The molecule has 0 saturated heterocycles. The highest BCUT2D eigenvalue weighted by atomic mass is 16.5. The predicted molar refractivity (Wildman–Crippen MR) is 71.5 cm³/mol. The largest absolute Gasteiger partial charge is 0.388 e. The second-order valence-corrected chi connectivity index (χ2v) is 4.95. The lowest BCUT2D eigenvalue weighted by atomic mass is 10.1. The van der Waals surface area contributed by atoms with Gasteiger partial charge in [-0.3, -0.25) is 10.3 Å². The van der Waals surface area contributed by atoms with Crippen molar-refractivity contribution in [3.05, 3.63) is 0 Å². The molecule has 3 N–H and O–H groups in total. The Bertz CT molecular complexity index is 213. The number of nitrogens with one attached hydrogen (secondary N) is 1. The average Bonchev–Trinajstić information content (AvgIpc) is 2.57. The maximum absolute atomic E-state index is 7.34. The molecule has 0 bridgehead atoms. The van der Waals surface area contributed by atoms with Crippen molar-refractivity contribution in [2.45, 2.75) is 51.0 Å². The first-order chi connectivity index (χ1) is 8.24. The minimum absolute atomic E-state index is 0.293. The van der Waals surface area contributed by atoms with Gasteiger partial charge in [0.05, 0.1) is 12.4 Å². The molecule has 0 atom stereocenters. The van der Waals surface area contributed by atoms with Crippen molar-refractivity contribution >= 4 is 5.84 Å². The van der Waals surface area contributed by atoms with Crippen molar-refractivity contribution < 1.29 is 4.74 Å². The van der Waals surface area contributed by atoms with E-state index >= 15 is 0 Å². The molecule has 0 aliphatic heterocycles. The standard InChI is InChI=1S/C13H27N3O/c1-17-11-10-16(9-8-13(14)15)12-6-4-2-3-5-7-12/h12H,2-11H2,1H3,(H3,14,15). The van der Waals surface area contributed by atoms with Crippen LogP contribution in [0.2, 0.25) is 0 Å². The van der Waals surface area contributed by atoms with E-state index in [2.05, 4.69) is 4.90 Å². The number of ether oxygens (including phenoxy) is 1. The van der Waals surface area contributed by atoms with Crippen LogP contribution in [-0.2, 0) is 4.74 Å². The van der Waals surface area contributed by atoms with Crippen molar-refractivity contribution in [2.75, 3.05) is 26.8 Å². The van der Waals surface area contributed by atoms with Gasteiger partial charge >= 0.3 is 0 Å². The van der Waals surface area contributed by atoms with E-state index in [1.807, 2.05) is 0 Å². The number of hydrogen-bond donors (Lipinski definition) is 2. The Labute approximate surface area is 105 Å². The number of hydrogen-bond acceptors (Lipinski definition) is 3. The van der Waals surface area contributed by atoms with Crippen LogP contribution in [0, 0.1) is 5.41 Å². The number of methoxy groups -OCH3 is 1. The fraction of sp³-hybridized carbons (Fsp3) is 0.923. The van der Waals surface area contributed by atoms with Crippen molar-refractivity contribution in [3.8, 4) is 0 Å². The first-order valence-corrected chi connectivity index (χ1v) is 6.80. The van der Waals surface area contributed by atoms with Crippen LogP contribution >= 0.6 is 0 Å². The summed E-state index contributed by atoms with van der Waals surface area (Å²) >= 11 is 0. The molecule has 0 radical (unpaired) electrons. The molecule has 1 saturated carbocycles. The zero-order chi connectivity index (χ0) is 12.5. The van der Waals surface area contributed by atoms with Crippen LogP contribution in [0.25, 0.3) is 0 Å². The van der Waals surface area contributed by atoms with Crippen molar-refractivity contribution in [1.82, 2.24) is 4.90 Å². The topological polar surface area (TPSA) is 62.3 Å². The van der Waals surface area contributed by atoms with E-state index < -0.39 is 0 Å². The molecule has 0 unspecified atom stereocenters. The quantitative estimate of drug-likeness (QED) is 0.407. The molecule has 1 rings (SSSR count). The Morgan fingerprint density at radius 1 is 1.24 bits per heavy atom. The van der Waals surface area contributed by atoms with Gasteiger partial charge in [0.2, 0.25) is 0 Å². The molecule has 17 heavy (non-hydrogen) atoms. The zero-order valence-electron chi connectivity index (χ0n) is 11.1. The minimum atomic E-state index is 0.293. The average molecular weight is 241 g/mol. The molecule has 0 spiro atoms. The molecule has 1 aliphatic rings. The summed E-state index contributed by atoms with van der Waals surface area (Å²) < 4.78 is 5.17. The summed E-state index contributed by atoms with van der Waals surface area (Å²) in [6.07, 6.45) is 8.70. The fourth-order valence-electron chi connectivity index (χ4n) is 2.57. The van der Waals surface area contributed by atoms with E-state index in [9.17, 15) is 0 Å². The van der Waals surface area contributed by atoms with Crippen LogP contribution in [-0.4, -0.2) is 43.6 Å². The van der Waals surface area contributed by atoms with Gasteiger partial charge in [-0.05, 0) is 12.8 Å². The summed E-state index contributed by atoms with van der Waals surface area (Å²) in [5.41, 5.74) is 5.46. The molecule has 4 heteroatoms. The monoisotopic (exact) mass is 241 g/mol. The summed E-state index contributed by atoms with van der Waals surface area (Å²) in [4.78, 5) is 2.47. The number of rotatable bonds is 7. The van der Waals surface area contributed by atoms with Gasteiger partial charge in [0.1, 0.15) is 0 Å². The van der Waals surface area contributed by atoms with Crippen LogP contribution < -0.4 is 5.73 Å². The third-order valence-corrected chi connectivity index (χ3v) is 3.59. The predicted octanol–water partition coefficient (Wildman–Crippen LogP) is 1.98. The number of nitrogens with zero attached hydrogens (tertiary/aromatic N) is 1. The van der Waals surface area contributed by atoms with Gasteiger partial charge in [-0.15, -0.1) is 0 Å². The third kappa shape index (κ3) is 6.03. The minimum Gasteiger partial charge on any atom is -0.388 e. The van der Waals surface area contributed by atoms with Crippen molar-refractivity contribution in [2.24, 2.45) is 5.73 Å². The van der Waals surface area contributed by atoms with Crippen LogP contribution in [0.15, 0.2) is 0 Å². The summed E-state index contributed by atoms with van der Waals surface area (Å²) in [6.45, 7) is 2.65. The molecule has 0 aromatic heterocycles. The van der Waals surface area contributed by atoms with Crippen LogP contribution in [0.1, 0.15) is 44.9 Å². The molecular formula is C13H27N3O. The summed E-state index contributed by atoms with van der Waals surface area (Å²) in [7, 11) is 1.75. The van der Waals surface area contributed by atoms with E-state index in [4.69, 9.17) is 15.9 Å². The van der Waals surface area contributed by atoms with Gasteiger partial charge in [0.15, 0.2) is 0 Å². The van der Waals surface area contributed by atoms with E-state index in [1.165, 1.54) is 38.5 Å². The van der Waals surface area contributed by atoms with Crippen molar-refractivity contribution in [3.63, 3.8) is 0 Å². The number of nitrogens with two attached hydrogens (primary N) is 1.